The zero-order valence-corrected chi connectivity index (χ0v) is 9.00. The van der Waals surface area contributed by atoms with Gasteiger partial charge in [0.05, 0.1) is 11.9 Å². The molecule has 1 aromatic rings. The molecule has 1 amide bonds. The van der Waals surface area contributed by atoms with Crippen LogP contribution in [0.3, 0.4) is 0 Å². The number of hydrogen-bond donors (Lipinski definition) is 2. The van der Waals surface area contributed by atoms with Gasteiger partial charge in [0, 0.05) is 12.6 Å². The van der Waals surface area contributed by atoms with Crippen molar-refractivity contribution in [3.63, 3.8) is 0 Å². The largest absolute Gasteiger partial charge is 0.408 e. The Hall–Kier alpha value is -1.57. The fourth-order valence-corrected chi connectivity index (χ4v) is 1.18. The molecule has 1 rings (SSSR count). The van der Waals surface area contributed by atoms with E-state index in [0.717, 1.165) is 10.9 Å². The van der Waals surface area contributed by atoms with E-state index in [0.29, 0.717) is 13.0 Å². The van der Waals surface area contributed by atoms with E-state index in [2.05, 4.69) is 10.4 Å². The fraction of sp³-hybridized carbons (Fsp3) is 0.556. The van der Waals surface area contributed by atoms with E-state index in [1.165, 1.54) is 6.20 Å². The number of alkyl halides is 3. The van der Waals surface area contributed by atoms with Gasteiger partial charge in [0.2, 0.25) is 5.91 Å². The highest BCUT2D eigenvalue weighted by atomic mass is 19.4. The number of hydrogen-bond acceptors (Lipinski definition) is 3. The van der Waals surface area contributed by atoms with Crippen LogP contribution in [0.2, 0.25) is 0 Å². The maximum atomic E-state index is 12.0. The molecule has 0 radical (unpaired) electrons. The number of halogens is 3. The highest BCUT2D eigenvalue weighted by Crippen LogP contribution is 2.18. The minimum Gasteiger partial charge on any atom is -0.330 e. The number of nitrogens with two attached hydrogens (primary N) is 1. The summed E-state index contributed by atoms with van der Waals surface area (Å²) in [5, 5.41) is 5.93. The smallest absolute Gasteiger partial charge is 0.330 e. The lowest BCUT2D eigenvalue weighted by atomic mass is 10.3. The van der Waals surface area contributed by atoms with Crippen molar-refractivity contribution < 1.29 is 18.0 Å². The first kappa shape index (κ1) is 13.5. The first-order valence-corrected chi connectivity index (χ1v) is 5.00. The lowest BCUT2D eigenvalue weighted by molar-refractivity contribution is -0.142. The average molecular weight is 250 g/mol. The normalized spacial score (nSPS) is 11.5. The highest BCUT2D eigenvalue weighted by Gasteiger charge is 2.28. The molecule has 1 aromatic heterocycles. The zero-order chi connectivity index (χ0) is 12.9. The van der Waals surface area contributed by atoms with Crippen LogP contribution in [0.4, 0.5) is 18.9 Å². The Balaban J connectivity index is 2.48. The zero-order valence-electron chi connectivity index (χ0n) is 9.00. The SMILES string of the molecule is NCCCC(=O)Nc1cnn(CC(F)(F)F)c1. The van der Waals surface area contributed by atoms with Crippen LogP contribution in [0.1, 0.15) is 12.8 Å². The third-order valence-electron chi connectivity index (χ3n) is 1.87. The number of nitrogens with one attached hydrogen (secondary N) is 1. The lowest BCUT2D eigenvalue weighted by Gasteiger charge is -2.05. The summed E-state index contributed by atoms with van der Waals surface area (Å²) in [6.07, 6.45) is -1.25. The van der Waals surface area contributed by atoms with Gasteiger partial charge in [-0.15, -0.1) is 0 Å². The number of carbonyl (C=O) groups is 1. The standard InChI is InChI=1S/C9H13F3N4O/c10-9(11,12)6-16-5-7(4-14-16)15-8(17)2-1-3-13/h4-5H,1-3,6,13H2,(H,15,17). The van der Waals surface area contributed by atoms with Crippen molar-refractivity contribution in [2.24, 2.45) is 5.73 Å². The molecule has 1 heterocycles. The predicted octanol–water partition coefficient (Wildman–Crippen LogP) is 1.12. The summed E-state index contributed by atoms with van der Waals surface area (Å²) in [7, 11) is 0. The molecule has 0 atom stereocenters. The molecule has 0 aliphatic heterocycles. The lowest BCUT2D eigenvalue weighted by Crippen LogP contribution is -2.18. The van der Waals surface area contributed by atoms with Crippen LogP contribution in [-0.2, 0) is 11.3 Å². The summed E-state index contributed by atoms with van der Waals surface area (Å²) in [6.45, 7) is -0.785. The molecule has 0 bridgehead atoms. The Morgan fingerprint density at radius 1 is 1.53 bits per heavy atom. The number of amides is 1. The molecular weight excluding hydrogens is 237 g/mol. The van der Waals surface area contributed by atoms with E-state index in [1.807, 2.05) is 0 Å². The fourth-order valence-electron chi connectivity index (χ4n) is 1.18. The van der Waals surface area contributed by atoms with Crippen molar-refractivity contribution in [2.75, 3.05) is 11.9 Å². The minimum absolute atomic E-state index is 0.237. The second-order valence-electron chi connectivity index (χ2n) is 3.48. The van der Waals surface area contributed by atoms with Gasteiger partial charge < -0.3 is 11.1 Å². The molecule has 17 heavy (non-hydrogen) atoms. The summed E-state index contributed by atoms with van der Waals surface area (Å²) in [4.78, 5) is 11.2. The maximum absolute atomic E-state index is 12.0. The van der Waals surface area contributed by atoms with Crippen molar-refractivity contribution in [3.8, 4) is 0 Å². The number of aromatic nitrogens is 2. The highest BCUT2D eigenvalue weighted by molar-refractivity contribution is 5.90. The second-order valence-corrected chi connectivity index (χ2v) is 3.48. The Morgan fingerprint density at radius 3 is 2.82 bits per heavy atom. The maximum Gasteiger partial charge on any atom is 0.408 e. The topological polar surface area (TPSA) is 72.9 Å². The van der Waals surface area contributed by atoms with E-state index < -0.39 is 12.7 Å². The quantitative estimate of drug-likeness (QED) is 0.822. The van der Waals surface area contributed by atoms with Crippen LogP contribution < -0.4 is 11.1 Å². The predicted molar refractivity (Wildman–Crippen MR) is 55.2 cm³/mol. The number of carbonyl (C=O) groups excluding carboxylic acids is 1. The summed E-state index contributed by atoms with van der Waals surface area (Å²) in [5.41, 5.74) is 5.47. The van der Waals surface area contributed by atoms with Gasteiger partial charge >= 0.3 is 6.18 Å². The van der Waals surface area contributed by atoms with Crippen LogP contribution >= 0.6 is 0 Å². The molecule has 0 saturated heterocycles. The molecular formula is C9H13F3N4O. The van der Waals surface area contributed by atoms with Crippen LogP contribution in [0.15, 0.2) is 12.4 Å². The van der Waals surface area contributed by atoms with Crippen molar-refractivity contribution in [3.05, 3.63) is 12.4 Å². The molecule has 3 N–H and O–H groups in total. The number of anilines is 1. The van der Waals surface area contributed by atoms with Gasteiger partial charge in [-0.05, 0) is 13.0 Å². The second kappa shape index (κ2) is 5.67. The van der Waals surface area contributed by atoms with Gasteiger partial charge in [-0.25, -0.2) is 0 Å². The van der Waals surface area contributed by atoms with Crippen LogP contribution in [0.5, 0.6) is 0 Å². The molecule has 0 aliphatic carbocycles. The first-order valence-electron chi connectivity index (χ1n) is 5.00. The van der Waals surface area contributed by atoms with Gasteiger partial charge in [-0.2, -0.15) is 18.3 Å². The summed E-state index contributed by atoms with van der Waals surface area (Å²) < 4.78 is 36.8. The van der Waals surface area contributed by atoms with Gasteiger partial charge in [-0.1, -0.05) is 0 Å². The number of nitrogens with zero attached hydrogens (tertiary/aromatic N) is 2. The number of rotatable bonds is 5. The van der Waals surface area contributed by atoms with Crippen LogP contribution in [0.25, 0.3) is 0 Å². The molecule has 0 fully saturated rings. The molecule has 96 valence electrons. The molecule has 8 heteroatoms. The Kier molecular flexibility index (Phi) is 4.50. The third-order valence-corrected chi connectivity index (χ3v) is 1.87. The first-order chi connectivity index (χ1) is 7.90. The third kappa shape index (κ3) is 5.34. The van der Waals surface area contributed by atoms with E-state index in [1.54, 1.807) is 0 Å². The monoisotopic (exact) mass is 250 g/mol. The van der Waals surface area contributed by atoms with E-state index in [-0.39, 0.29) is 18.0 Å². The molecule has 5 nitrogen and oxygen atoms in total. The van der Waals surface area contributed by atoms with Crippen LogP contribution in [-0.4, -0.2) is 28.4 Å². The Labute approximate surface area is 95.8 Å². The van der Waals surface area contributed by atoms with Gasteiger partial charge in [-0.3, -0.25) is 9.48 Å². The van der Waals surface area contributed by atoms with Gasteiger partial charge in [0.15, 0.2) is 0 Å². The van der Waals surface area contributed by atoms with E-state index in [4.69, 9.17) is 5.73 Å². The van der Waals surface area contributed by atoms with Gasteiger partial charge in [0.1, 0.15) is 6.54 Å². The van der Waals surface area contributed by atoms with Crippen molar-refractivity contribution in [1.29, 1.82) is 0 Å². The van der Waals surface area contributed by atoms with Gasteiger partial charge in [0.25, 0.3) is 0 Å². The molecule has 0 aliphatic rings. The Morgan fingerprint density at radius 2 is 2.24 bits per heavy atom. The molecule has 0 unspecified atom stereocenters. The summed E-state index contributed by atoms with van der Waals surface area (Å²) in [5.74, 6) is -0.290. The minimum atomic E-state index is -4.33. The van der Waals surface area contributed by atoms with Crippen molar-refractivity contribution >= 4 is 11.6 Å². The van der Waals surface area contributed by atoms with Crippen LogP contribution in [0, 0.1) is 0 Å². The summed E-state index contributed by atoms with van der Waals surface area (Å²) >= 11 is 0. The summed E-state index contributed by atoms with van der Waals surface area (Å²) in [6, 6.07) is 0. The average Bonchev–Trinajstić information content (AvgIpc) is 2.59. The molecule has 0 saturated carbocycles. The Bertz CT molecular complexity index is 375. The van der Waals surface area contributed by atoms with E-state index in [9.17, 15) is 18.0 Å². The van der Waals surface area contributed by atoms with Crippen molar-refractivity contribution in [1.82, 2.24) is 9.78 Å². The molecule has 0 aromatic carbocycles. The van der Waals surface area contributed by atoms with E-state index >= 15 is 0 Å². The van der Waals surface area contributed by atoms with Crippen molar-refractivity contribution in [2.45, 2.75) is 25.6 Å². The molecule has 0 spiro atoms.